The van der Waals surface area contributed by atoms with Crippen molar-refractivity contribution in [1.82, 2.24) is 4.98 Å². The first-order chi connectivity index (χ1) is 12.0. The Morgan fingerprint density at radius 2 is 2.00 bits per heavy atom. The maximum absolute atomic E-state index is 12.4. The number of anilines is 1. The number of carbonyl (C=O) groups is 1. The largest absolute Gasteiger partial charge is 0.497 e. The summed E-state index contributed by atoms with van der Waals surface area (Å²) in [4.78, 5) is 27.2. The summed E-state index contributed by atoms with van der Waals surface area (Å²) < 4.78 is 11.2. The summed E-state index contributed by atoms with van der Waals surface area (Å²) in [5.41, 5.74) is 0.280. The Balaban J connectivity index is 1.96. The van der Waals surface area contributed by atoms with Crippen molar-refractivity contribution in [2.24, 2.45) is 0 Å². The number of carbonyl (C=O) groups excluding carboxylic acids is 1. The maximum atomic E-state index is 12.4. The second-order valence-corrected chi connectivity index (χ2v) is 5.95. The van der Waals surface area contributed by atoms with Gasteiger partial charge in [0.1, 0.15) is 22.6 Å². The zero-order valence-corrected chi connectivity index (χ0v) is 14.1. The van der Waals surface area contributed by atoms with Gasteiger partial charge in [0.2, 0.25) is 0 Å². The van der Waals surface area contributed by atoms with Gasteiger partial charge in [0.15, 0.2) is 5.13 Å². The monoisotopic (exact) mass is 359 g/mol. The molecule has 0 saturated heterocycles. The number of hydrogen-bond acceptors (Lipinski definition) is 7. The van der Waals surface area contributed by atoms with Crippen LogP contribution in [0.3, 0.4) is 0 Å². The Bertz CT molecular complexity index is 970. The molecule has 3 rings (SSSR count). The number of nitro benzene ring substituents is 1. The first-order valence-electron chi connectivity index (χ1n) is 7.11. The number of thiazole rings is 1. The molecule has 0 saturated carbocycles. The normalized spacial score (nSPS) is 10.5. The molecular weight excluding hydrogens is 346 g/mol. The molecule has 0 spiro atoms. The van der Waals surface area contributed by atoms with Crippen molar-refractivity contribution >= 4 is 38.3 Å². The Hall–Kier alpha value is -3.20. The van der Waals surface area contributed by atoms with Crippen LogP contribution in [0.4, 0.5) is 10.8 Å². The minimum absolute atomic E-state index is 0.0312. The molecule has 1 heterocycles. The van der Waals surface area contributed by atoms with Crippen LogP contribution in [0.5, 0.6) is 11.5 Å². The van der Waals surface area contributed by atoms with Gasteiger partial charge in [-0.2, -0.15) is 0 Å². The summed E-state index contributed by atoms with van der Waals surface area (Å²) >= 11 is 1.22. The van der Waals surface area contributed by atoms with E-state index in [1.165, 1.54) is 36.6 Å². The number of nitrogens with zero attached hydrogens (tertiary/aromatic N) is 2. The van der Waals surface area contributed by atoms with E-state index in [2.05, 4.69) is 10.3 Å². The van der Waals surface area contributed by atoms with Gasteiger partial charge in [-0.1, -0.05) is 23.5 Å². The van der Waals surface area contributed by atoms with Gasteiger partial charge >= 0.3 is 0 Å². The first kappa shape index (κ1) is 16.7. The van der Waals surface area contributed by atoms with E-state index in [9.17, 15) is 14.9 Å². The zero-order valence-electron chi connectivity index (χ0n) is 13.3. The molecule has 0 aliphatic carbocycles. The molecule has 0 atom stereocenters. The van der Waals surface area contributed by atoms with Crippen LogP contribution in [0.2, 0.25) is 0 Å². The molecule has 0 aliphatic rings. The summed E-state index contributed by atoms with van der Waals surface area (Å²) in [6.45, 7) is 0. The van der Waals surface area contributed by atoms with E-state index < -0.39 is 10.8 Å². The Kier molecular flexibility index (Phi) is 4.48. The summed E-state index contributed by atoms with van der Waals surface area (Å²) in [5.74, 6) is 0.513. The van der Waals surface area contributed by atoms with E-state index in [1.807, 2.05) is 0 Å². The SMILES string of the molecule is COc1cc(OC)c2nc(NC(=O)c3ccccc3[N+](=O)[O-])sc2c1. The number of amides is 1. The third-order valence-electron chi connectivity index (χ3n) is 3.45. The first-order valence-corrected chi connectivity index (χ1v) is 7.92. The molecule has 1 amide bonds. The van der Waals surface area contributed by atoms with Crippen molar-refractivity contribution in [2.45, 2.75) is 0 Å². The van der Waals surface area contributed by atoms with Gasteiger partial charge in [-0.15, -0.1) is 0 Å². The highest BCUT2D eigenvalue weighted by Gasteiger charge is 2.21. The molecule has 128 valence electrons. The lowest BCUT2D eigenvalue weighted by Gasteiger charge is -2.04. The van der Waals surface area contributed by atoms with Gasteiger partial charge in [-0.05, 0) is 12.1 Å². The molecule has 1 aromatic heterocycles. The smallest absolute Gasteiger partial charge is 0.282 e. The third kappa shape index (κ3) is 3.22. The van der Waals surface area contributed by atoms with E-state index in [0.717, 1.165) is 4.70 Å². The minimum atomic E-state index is -0.600. The van der Waals surface area contributed by atoms with Crippen molar-refractivity contribution in [3.05, 3.63) is 52.1 Å². The van der Waals surface area contributed by atoms with Crippen LogP contribution in [0, 0.1) is 10.1 Å². The molecule has 1 N–H and O–H groups in total. The summed E-state index contributed by atoms with van der Waals surface area (Å²) in [6, 6.07) is 9.20. The van der Waals surface area contributed by atoms with Gasteiger partial charge in [0, 0.05) is 12.1 Å². The van der Waals surface area contributed by atoms with E-state index in [-0.39, 0.29) is 11.3 Å². The molecule has 0 bridgehead atoms. The number of fused-ring (bicyclic) bond motifs is 1. The maximum Gasteiger partial charge on any atom is 0.282 e. The van der Waals surface area contributed by atoms with Crippen molar-refractivity contribution in [3.8, 4) is 11.5 Å². The fraction of sp³-hybridized carbons (Fsp3) is 0.125. The highest BCUT2D eigenvalue weighted by atomic mass is 32.1. The molecule has 3 aromatic rings. The van der Waals surface area contributed by atoms with Gasteiger partial charge in [-0.3, -0.25) is 20.2 Å². The topological polar surface area (TPSA) is 104 Å². The molecule has 8 nitrogen and oxygen atoms in total. The number of ether oxygens (including phenoxy) is 2. The third-order valence-corrected chi connectivity index (χ3v) is 4.37. The number of para-hydroxylation sites is 1. The van der Waals surface area contributed by atoms with Crippen molar-refractivity contribution < 1.29 is 19.2 Å². The highest BCUT2D eigenvalue weighted by Crippen LogP contribution is 2.36. The quantitative estimate of drug-likeness (QED) is 0.552. The lowest BCUT2D eigenvalue weighted by molar-refractivity contribution is -0.385. The minimum Gasteiger partial charge on any atom is -0.497 e. The van der Waals surface area contributed by atoms with Crippen LogP contribution >= 0.6 is 11.3 Å². The summed E-state index contributed by atoms with van der Waals surface area (Å²) in [6.07, 6.45) is 0. The molecule has 9 heteroatoms. The number of nitro groups is 1. The Morgan fingerprint density at radius 3 is 2.68 bits per heavy atom. The summed E-state index contributed by atoms with van der Waals surface area (Å²) in [7, 11) is 3.05. The van der Waals surface area contributed by atoms with E-state index in [1.54, 1.807) is 25.3 Å². The van der Waals surface area contributed by atoms with Crippen LogP contribution in [0.1, 0.15) is 10.4 Å². The van der Waals surface area contributed by atoms with Gasteiger partial charge < -0.3 is 9.47 Å². The fourth-order valence-corrected chi connectivity index (χ4v) is 3.20. The number of nitrogens with one attached hydrogen (secondary N) is 1. The van der Waals surface area contributed by atoms with Gasteiger partial charge in [0.05, 0.1) is 23.8 Å². The second-order valence-electron chi connectivity index (χ2n) is 4.92. The molecule has 2 aromatic carbocycles. The van der Waals surface area contributed by atoms with Crippen LogP contribution in [0.25, 0.3) is 10.2 Å². The highest BCUT2D eigenvalue weighted by molar-refractivity contribution is 7.22. The molecule has 0 radical (unpaired) electrons. The van der Waals surface area contributed by atoms with Gasteiger partial charge in [0.25, 0.3) is 11.6 Å². The molecule has 0 unspecified atom stereocenters. The average molecular weight is 359 g/mol. The number of benzene rings is 2. The number of aromatic nitrogens is 1. The second kappa shape index (κ2) is 6.73. The van der Waals surface area contributed by atoms with E-state index >= 15 is 0 Å². The van der Waals surface area contributed by atoms with Crippen LogP contribution in [-0.2, 0) is 0 Å². The number of rotatable bonds is 5. The van der Waals surface area contributed by atoms with E-state index in [0.29, 0.717) is 22.1 Å². The Labute approximate surface area is 146 Å². The number of methoxy groups -OCH3 is 2. The van der Waals surface area contributed by atoms with Crippen LogP contribution in [0.15, 0.2) is 36.4 Å². The van der Waals surface area contributed by atoms with Crippen molar-refractivity contribution in [3.63, 3.8) is 0 Å². The number of hydrogen-bond donors (Lipinski definition) is 1. The lowest BCUT2D eigenvalue weighted by Crippen LogP contribution is -2.13. The van der Waals surface area contributed by atoms with E-state index in [4.69, 9.17) is 9.47 Å². The lowest BCUT2D eigenvalue weighted by atomic mass is 10.1. The standard InChI is InChI=1S/C16H13N3O5S/c1-23-9-7-12(24-2)14-13(8-9)25-16(17-14)18-15(20)10-5-3-4-6-11(10)19(21)22/h3-8H,1-2H3,(H,17,18,20). The molecule has 0 fully saturated rings. The van der Waals surface area contributed by atoms with Gasteiger partial charge in [-0.25, -0.2) is 4.98 Å². The van der Waals surface area contributed by atoms with Crippen LogP contribution in [-0.4, -0.2) is 30.0 Å². The predicted molar refractivity (Wildman–Crippen MR) is 93.8 cm³/mol. The summed E-state index contributed by atoms with van der Waals surface area (Å²) in [5, 5.41) is 14.0. The Morgan fingerprint density at radius 1 is 1.24 bits per heavy atom. The zero-order chi connectivity index (χ0) is 18.0. The van der Waals surface area contributed by atoms with Crippen molar-refractivity contribution in [2.75, 3.05) is 19.5 Å². The average Bonchev–Trinajstić information content (AvgIpc) is 3.02. The van der Waals surface area contributed by atoms with Crippen molar-refractivity contribution in [1.29, 1.82) is 0 Å². The molecule has 0 aliphatic heterocycles. The van der Waals surface area contributed by atoms with Crippen LogP contribution < -0.4 is 14.8 Å². The molecular formula is C16H13N3O5S. The fourth-order valence-electron chi connectivity index (χ4n) is 2.29. The molecule has 25 heavy (non-hydrogen) atoms. The predicted octanol–water partition coefficient (Wildman–Crippen LogP) is 3.47.